The van der Waals surface area contributed by atoms with Crippen molar-refractivity contribution in [3.63, 3.8) is 0 Å². The zero-order valence-electron chi connectivity index (χ0n) is 14.8. The van der Waals surface area contributed by atoms with Gasteiger partial charge < -0.3 is 14.8 Å². The number of carbonyl (C=O) groups excluding carboxylic acids is 1. The monoisotopic (exact) mass is 386 g/mol. The van der Waals surface area contributed by atoms with Crippen LogP contribution < -0.4 is 10.1 Å². The quantitative estimate of drug-likeness (QED) is 0.597. The molecule has 7 heteroatoms. The zero-order valence-corrected chi connectivity index (χ0v) is 15.6. The molecule has 0 aliphatic rings. The van der Waals surface area contributed by atoms with Crippen molar-refractivity contribution in [1.29, 1.82) is 0 Å². The standard InChI is InChI=1S/C20H19FN2O3S/c1-25-10-11-26-19-9-6-14(12-22-19)13-23-20(24)18-8-7-17(27-18)15-4-2-3-5-16(15)21/h2-9,12H,10-11,13H2,1H3,(H,23,24). The first-order valence-electron chi connectivity index (χ1n) is 8.37. The molecule has 0 saturated heterocycles. The Morgan fingerprint density at radius 2 is 2.00 bits per heavy atom. The summed E-state index contributed by atoms with van der Waals surface area (Å²) in [6.07, 6.45) is 1.65. The largest absolute Gasteiger partial charge is 0.475 e. The lowest BCUT2D eigenvalue weighted by atomic mass is 10.2. The van der Waals surface area contributed by atoms with Gasteiger partial charge in [0.15, 0.2) is 0 Å². The average molecular weight is 386 g/mol. The highest BCUT2D eigenvalue weighted by molar-refractivity contribution is 7.17. The molecular formula is C20H19FN2O3S. The van der Waals surface area contributed by atoms with Crippen LogP contribution in [0.5, 0.6) is 5.88 Å². The second-order valence-electron chi connectivity index (χ2n) is 5.67. The van der Waals surface area contributed by atoms with E-state index < -0.39 is 0 Å². The Hall–Kier alpha value is -2.77. The third-order valence-corrected chi connectivity index (χ3v) is 4.87. The first-order valence-corrected chi connectivity index (χ1v) is 9.18. The van der Waals surface area contributed by atoms with Gasteiger partial charge in [0.05, 0.1) is 11.5 Å². The first-order chi connectivity index (χ1) is 13.2. The van der Waals surface area contributed by atoms with Gasteiger partial charge >= 0.3 is 0 Å². The van der Waals surface area contributed by atoms with E-state index >= 15 is 0 Å². The van der Waals surface area contributed by atoms with Gasteiger partial charge in [-0.25, -0.2) is 9.37 Å². The van der Waals surface area contributed by atoms with Crippen LogP contribution >= 0.6 is 11.3 Å². The number of benzene rings is 1. The third kappa shape index (κ3) is 5.12. The fourth-order valence-corrected chi connectivity index (χ4v) is 3.32. The molecule has 2 aromatic heterocycles. The van der Waals surface area contributed by atoms with Crippen LogP contribution in [-0.2, 0) is 11.3 Å². The Labute approximate surface area is 160 Å². The fraction of sp³-hybridized carbons (Fsp3) is 0.200. The molecule has 0 spiro atoms. The summed E-state index contributed by atoms with van der Waals surface area (Å²) in [5, 5.41) is 2.84. The Kier molecular flexibility index (Phi) is 6.51. The highest BCUT2D eigenvalue weighted by atomic mass is 32.1. The van der Waals surface area contributed by atoms with Crippen LogP contribution in [0.15, 0.2) is 54.7 Å². The van der Waals surface area contributed by atoms with Gasteiger partial charge in [0.1, 0.15) is 12.4 Å². The van der Waals surface area contributed by atoms with Crippen LogP contribution in [-0.4, -0.2) is 31.2 Å². The molecule has 1 N–H and O–H groups in total. The molecule has 27 heavy (non-hydrogen) atoms. The Morgan fingerprint density at radius 3 is 2.74 bits per heavy atom. The van der Waals surface area contributed by atoms with Gasteiger partial charge in [0.2, 0.25) is 5.88 Å². The molecule has 0 saturated carbocycles. The molecule has 0 aliphatic heterocycles. The molecule has 3 rings (SSSR count). The van der Waals surface area contributed by atoms with E-state index in [-0.39, 0.29) is 11.7 Å². The van der Waals surface area contributed by atoms with Gasteiger partial charge in [0.25, 0.3) is 5.91 Å². The molecule has 0 fully saturated rings. The maximum absolute atomic E-state index is 13.9. The predicted octanol–water partition coefficient (Wildman–Crippen LogP) is 3.90. The summed E-state index contributed by atoms with van der Waals surface area (Å²) < 4.78 is 24.2. The first kappa shape index (κ1) is 19.0. The van der Waals surface area contributed by atoms with E-state index in [0.717, 1.165) is 10.4 Å². The maximum atomic E-state index is 13.9. The number of pyridine rings is 1. The number of thiophene rings is 1. The molecule has 1 amide bonds. The molecule has 2 heterocycles. The Balaban J connectivity index is 1.56. The van der Waals surface area contributed by atoms with Crippen molar-refractivity contribution >= 4 is 17.2 Å². The number of hydrogen-bond acceptors (Lipinski definition) is 5. The minimum absolute atomic E-state index is 0.206. The summed E-state index contributed by atoms with van der Waals surface area (Å²) in [5.74, 6) is 0.00288. The van der Waals surface area contributed by atoms with Crippen LogP contribution in [0.3, 0.4) is 0 Å². The van der Waals surface area contributed by atoms with Crippen molar-refractivity contribution in [3.8, 4) is 16.3 Å². The topological polar surface area (TPSA) is 60.5 Å². The molecular weight excluding hydrogens is 367 g/mol. The number of methoxy groups -OCH3 is 1. The van der Waals surface area contributed by atoms with Crippen molar-refractivity contribution in [2.45, 2.75) is 6.54 Å². The van der Waals surface area contributed by atoms with Crippen molar-refractivity contribution in [1.82, 2.24) is 10.3 Å². The van der Waals surface area contributed by atoms with E-state index in [2.05, 4.69) is 10.3 Å². The minimum Gasteiger partial charge on any atom is -0.475 e. The number of nitrogens with one attached hydrogen (secondary N) is 1. The Bertz CT molecular complexity index is 896. The van der Waals surface area contributed by atoms with Gasteiger partial charge in [-0.3, -0.25) is 4.79 Å². The summed E-state index contributed by atoms with van der Waals surface area (Å²) >= 11 is 1.26. The maximum Gasteiger partial charge on any atom is 0.261 e. The van der Waals surface area contributed by atoms with Crippen LogP contribution in [0.1, 0.15) is 15.2 Å². The van der Waals surface area contributed by atoms with Gasteiger partial charge in [0, 0.05) is 36.4 Å². The summed E-state index contributed by atoms with van der Waals surface area (Å²) in [6.45, 7) is 1.27. The van der Waals surface area contributed by atoms with E-state index in [1.54, 1.807) is 49.7 Å². The van der Waals surface area contributed by atoms with Crippen LogP contribution in [0.4, 0.5) is 4.39 Å². The summed E-state index contributed by atoms with van der Waals surface area (Å²) in [6, 6.07) is 13.6. The summed E-state index contributed by atoms with van der Waals surface area (Å²) in [4.78, 5) is 17.8. The molecule has 0 aliphatic carbocycles. The van der Waals surface area contributed by atoms with Gasteiger partial charge in [-0.05, 0) is 23.8 Å². The number of amides is 1. The molecule has 1 aromatic carbocycles. The molecule has 0 radical (unpaired) electrons. The number of aromatic nitrogens is 1. The molecule has 3 aromatic rings. The lowest BCUT2D eigenvalue weighted by Crippen LogP contribution is -2.21. The van der Waals surface area contributed by atoms with Crippen molar-refractivity contribution in [3.05, 3.63) is 71.0 Å². The average Bonchev–Trinajstić information content (AvgIpc) is 3.18. The highest BCUT2D eigenvalue weighted by Gasteiger charge is 2.12. The van der Waals surface area contributed by atoms with Gasteiger partial charge in [-0.15, -0.1) is 11.3 Å². The van der Waals surface area contributed by atoms with Crippen molar-refractivity contribution in [2.24, 2.45) is 0 Å². The van der Waals surface area contributed by atoms with Gasteiger partial charge in [-0.1, -0.05) is 24.3 Å². The van der Waals surface area contributed by atoms with Crippen LogP contribution in [0.25, 0.3) is 10.4 Å². The third-order valence-electron chi connectivity index (χ3n) is 3.76. The predicted molar refractivity (Wildman–Crippen MR) is 102 cm³/mol. The number of halogens is 1. The summed E-state index contributed by atoms with van der Waals surface area (Å²) in [7, 11) is 1.61. The highest BCUT2D eigenvalue weighted by Crippen LogP contribution is 2.29. The van der Waals surface area contributed by atoms with Crippen LogP contribution in [0, 0.1) is 5.82 Å². The number of rotatable bonds is 8. The molecule has 5 nitrogen and oxygen atoms in total. The normalized spacial score (nSPS) is 10.6. The summed E-state index contributed by atoms with van der Waals surface area (Å²) in [5.41, 5.74) is 1.35. The van der Waals surface area contributed by atoms with E-state index in [1.807, 2.05) is 6.07 Å². The molecule has 0 atom stereocenters. The molecule has 0 unspecified atom stereocenters. The van der Waals surface area contributed by atoms with E-state index in [9.17, 15) is 9.18 Å². The minimum atomic E-state index is -0.301. The second kappa shape index (κ2) is 9.25. The van der Waals surface area contributed by atoms with E-state index in [0.29, 0.717) is 36.1 Å². The smallest absolute Gasteiger partial charge is 0.261 e. The lowest BCUT2D eigenvalue weighted by molar-refractivity contribution is 0.0955. The SMILES string of the molecule is COCCOc1ccc(CNC(=O)c2ccc(-c3ccccc3F)s2)cn1. The molecule has 0 bridgehead atoms. The van der Waals surface area contributed by atoms with Crippen molar-refractivity contribution in [2.75, 3.05) is 20.3 Å². The van der Waals surface area contributed by atoms with Crippen LogP contribution in [0.2, 0.25) is 0 Å². The Morgan fingerprint density at radius 1 is 1.15 bits per heavy atom. The van der Waals surface area contributed by atoms with Gasteiger partial charge in [-0.2, -0.15) is 0 Å². The van der Waals surface area contributed by atoms with E-state index in [1.165, 1.54) is 17.4 Å². The number of hydrogen-bond donors (Lipinski definition) is 1. The number of ether oxygens (including phenoxy) is 2. The lowest BCUT2D eigenvalue weighted by Gasteiger charge is -2.06. The molecule has 140 valence electrons. The number of nitrogens with zero attached hydrogens (tertiary/aromatic N) is 1. The second-order valence-corrected chi connectivity index (χ2v) is 6.76. The fourth-order valence-electron chi connectivity index (χ4n) is 2.37. The number of carbonyl (C=O) groups is 1. The van der Waals surface area contributed by atoms with E-state index in [4.69, 9.17) is 9.47 Å². The zero-order chi connectivity index (χ0) is 19.1. The van der Waals surface area contributed by atoms with Crippen molar-refractivity contribution < 1.29 is 18.7 Å².